The lowest BCUT2D eigenvalue weighted by Crippen LogP contribution is -2.37. The number of imide groups is 1. The molecule has 1 aliphatic carbocycles. The number of nitrogens with zero attached hydrogens (tertiary/aromatic N) is 2. The number of allylic oxidation sites excluding steroid dienone is 4. The summed E-state index contributed by atoms with van der Waals surface area (Å²) in [6, 6.07) is 12.8. The molecule has 3 amide bonds. The van der Waals surface area contributed by atoms with Crippen molar-refractivity contribution in [1.29, 1.82) is 5.41 Å². The molecule has 2 aliphatic rings. The molecule has 4 rings (SSSR count). The predicted octanol–water partition coefficient (Wildman–Crippen LogP) is 4.75. The van der Waals surface area contributed by atoms with Gasteiger partial charge in [0.25, 0.3) is 0 Å². The normalized spacial score (nSPS) is 16.7. The number of halogens is 1. The van der Waals surface area contributed by atoms with Gasteiger partial charge in [0.15, 0.2) is 23.1 Å². The Balaban J connectivity index is 1.51. The molecule has 1 aliphatic heterocycles. The number of carbonyl (C=O) groups excluding carboxylic acids is 2. The van der Waals surface area contributed by atoms with Gasteiger partial charge in [0.1, 0.15) is 5.76 Å². The summed E-state index contributed by atoms with van der Waals surface area (Å²) in [7, 11) is 2.93. The van der Waals surface area contributed by atoms with E-state index in [9.17, 15) is 9.59 Å². The monoisotopic (exact) mass is 503 g/mol. The Morgan fingerprint density at radius 3 is 2.43 bits per heavy atom. The molecule has 9 heteroatoms. The third kappa shape index (κ3) is 5.30. The van der Waals surface area contributed by atoms with Crippen LogP contribution in [0.1, 0.15) is 5.56 Å². The van der Waals surface area contributed by atoms with Crippen LogP contribution < -0.4 is 9.64 Å². The van der Waals surface area contributed by atoms with Crippen molar-refractivity contribution < 1.29 is 28.2 Å². The van der Waals surface area contributed by atoms with Gasteiger partial charge in [-0.15, -0.1) is 0 Å². The van der Waals surface area contributed by atoms with Crippen molar-refractivity contribution >= 4 is 23.3 Å². The van der Waals surface area contributed by atoms with E-state index in [0.29, 0.717) is 22.8 Å². The molecule has 0 unspecified atom stereocenters. The summed E-state index contributed by atoms with van der Waals surface area (Å²) in [5, 5.41) is 8.28. The summed E-state index contributed by atoms with van der Waals surface area (Å²) in [6.07, 6.45) is 4.49. The molecule has 0 aromatic heterocycles. The van der Waals surface area contributed by atoms with Gasteiger partial charge < -0.3 is 14.2 Å². The van der Waals surface area contributed by atoms with Crippen molar-refractivity contribution in [3.8, 4) is 5.75 Å². The number of urea groups is 1. The second-order valence-corrected chi connectivity index (χ2v) is 8.18. The lowest BCUT2D eigenvalue weighted by atomic mass is 10.0. The topological polar surface area (TPSA) is 92.2 Å². The smallest absolute Gasteiger partial charge is 0.331 e. The highest BCUT2D eigenvalue weighted by Crippen LogP contribution is 2.30. The van der Waals surface area contributed by atoms with Crippen LogP contribution in [0.15, 0.2) is 96.2 Å². The second kappa shape index (κ2) is 10.9. The molecular weight excluding hydrogens is 477 g/mol. The Bertz CT molecular complexity index is 1350. The molecule has 1 saturated heterocycles. The van der Waals surface area contributed by atoms with Crippen LogP contribution in [0.25, 0.3) is 0 Å². The van der Waals surface area contributed by atoms with E-state index in [1.165, 1.54) is 48.3 Å². The van der Waals surface area contributed by atoms with Crippen LogP contribution in [0.2, 0.25) is 0 Å². The first-order chi connectivity index (χ1) is 17.9. The van der Waals surface area contributed by atoms with E-state index < -0.39 is 11.8 Å². The SMILES string of the molecule is C=C/C(Oc1ccc(N2CCN(C(=O)Cc3ccccc3)C2=O)cc1F)=C1/C=C(OC)C(OC)=CC1=N. The average molecular weight is 504 g/mol. The lowest BCUT2D eigenvalue weighted by molar-refractivity contribution is -0.126. The van der Waals surface area contributed by atoms with Gasteiger partial charge in [-0.3, -0.25) is 20.0 Å². The number of anilines is 1. The minimum Gasteiger partial charge on any atom is -0.493 e. The third-order valence-corrected chi connectivity index (χ3v) is 5.93. The van der Waals surface area contributed by atoms with Crippen LogP contribution in [0.3, 0.4) is 0 Å². The molecule has 190 valence electrons. The van der Waals surface area contributed by atoms with Crippen molar-refractivity contribution in [2.45, 2.75) is 6.42 Å². The van der Waals surface area contributed by atoms with Crippen LogP contribution in [-0.2, 0) is 20.7 Å². The Labute approximate surface area is 214 Å². The summed E-state index contributed by atoms with van der Waals surface area (Å²) in [4.78, 5) is 28.1. The maximum atomic E-state index is 15.1. The lowest BCUT2D eigenvalue weighted by Gasteiger charge is -2.20. The van der Waals surface area contributed by atoms with E-state index in [4.69, 9.17) is 19.6 Å². The van der Waals surface area contributed by atoms with Crippen LogP contribution >= 0.6 is 0 Å². The molecule has 2 aromatic carbocycles. The van der Waals surface area contributed by atoms with Gasteiger partial charge in [-0.2, -0.15) is 0 Å². The van der Waals surface area contributed by atoms with E-state index in [-0.39, 0.29) is 42.6 Å². The fraction of sp³-hybridized carbons (Fsp3) is 0.179. The fourth-order valence-corrected chi connectivity index (χ4v) is 4.02. The average Bonchev–Trinajstić information content (AvgIpc) is 3.29. The minimum absolute atomic E-state index is 0.0764. The number of ether oxygens (including phenoxy) is 3. The number of rotatable bonds is 8. The molecular formula is C28H26FN3O5. The highest BCUT2D eigenvalue weighted by Gasteiger charge is 2.34. The maximum absolute atomic E-state index is 15.1. The zero-order chi connectivity index (χ0) is 26.5. The molecule has 2 aromatic rings. The summed E-state index contributed by atoms with van der Waals surface area (Å²) < 4.78 is 31.3. The number of methoxy groups -OCH3 is 2. The van der Waals surface area contributed by atoms with Crippen molar-refractivity contribution in [2.75, 3.05) is 32.2 Å². The van der Waals surface area contributed by atoms with E-state index in [1.807, 2.05) is 30.3 Å². The molecule has 0 radical (unpaired) electrons. The predicted molar refractivity (Wildman–Crippen MR) is 137 cm³/mol. The van der Waals surface area contributed by atoms with Crippen LogP contribution in [-0.4, -0.2) is 49.9 Å². The van der Waals surface area contributed by atoms with Gasteiger partial charge in [-0.25, -0.2) is 9.18 Å². The number of amides is 3. The number of benzene rings is 2. The van der Waals surface area contributed by atoms with Crippen molar-refractivity contribution in [1.82, 2.24) is 4.90 Å². The molecule has 1 heterocycles. The number of nitrogens with one attached hydrogen (secondary N) is 1. The molecule has 0 atom stereocenters. The van der Waals surface area contributed by atoms with Crippen LogP contribution in [0.4, 0.5) is 14.9 Å². The molecule has 1 N–H and O–H groups in total. The zero-order valence-corrected chi connectivity index (χ0v) is 20.5. The molecule has 8 nitrogen and oxygen atoms in total. The largest absolute Gasteiger partial charge is 0.493 e. The van der Waals surface area contributed by atoms with Gasteiger partial charge in [0.2, 0.25) is 5.91 Å². The summed E-state index contributed by atoms with van der Waals surface area (Å²) in [6.45, 7) is 4.18. The van der Waals surface area contributed by atoms with Crippen LogP contribution in [0, 0.1) is 11.2 Å². The summed E-state index contributed by atoms with van der Waals surface area (Å²) in [5.41, 5.74) is 1.52. The number of hydrogen-bond acceptors (Lipinski definition) is 6. The first kappa shape index (κ1) is 25.4. The molecule has 0 bridgehead atoms. The van der Waals surface area contributed by atoms with Crippen molar-refractivity contribution in [3.63, 3.8) is 0 Å². The van der Waals surface area contributed by atoms with Gasteiger partial charge in [-0.1, -0.05) is 36.9 Å². The van der Waals surface area contributed by atoms with Gasteiger partial charge in [-0.05, 0) is 29.8 Å². The number of carbonyl (C=O) groups is 2. The zero-order valence-electron chi connectivity index (χ0n) is 20.5. The van der Waals surface area contributed by atoms with E-state index in [0.717, 1.165) is 5.56 Å². The Kier molecular flexibility index (Phi) is 7.52. The van der Waals surface area contributed by atoms with Crippen LogP contribution in [0.5, 0.6) is 5.75 Å². The van der Waals surface area contributed by atoms with Gasteiger partial charge in [0.05, 0.1) is 26.4 Å². The summed E-state index contributed by atoms with van der Waals surface area (Å²) >= 11 is 0. The second-order valence-electron chi connectivity index (χ2n) is 8.18. The van der Waals surface area contributed by atoms with E-state index in [1.54, 1.807) is 12.1 Å². The molecule has 1 fully saturated rings. The Hall–Kier alpha value is -4.66. The molecule has 0 saturated carbocycles. The fourth-order valence-electron chi connectivity index (χ4n) is 4.02. The quantitative estimate of drug-likeness (QED) is 0.525. The Morgan fingerprint density at radius 2 is 1.78 bits per heavy atom. The van der Waals surface area contributed by atoms with E-state index >= 15 is 4.39 Å². The molecule has 37 heavy (non-hydrogen) atoms. The number of hydrogen-bond donors (Lipinski definition) is 1. The highest BCUT2D eigenvalue weighted by atomic mass is 19.1. The maximum Gasteiger partial charge on any atom is 0.331 e. The van der Waals surface area contributed by atoms with Crippen molar-refractivity contribution in [3.05, 3.63) is 108 Å². The minimum atomic E-state index is -0.717. The van der Waals surface area contributed by atoms with Gasteiger partial charge in [0, 0.05) is 36.5 Å². The highest BCUT2D eigenvalue weighted by molar-refractivity contribution is 6.10. The van der Waals surface area contributed by atoms with E-state index in [2.05, 4.69) is 6.58 Å². The summed E-state index contributed by atoms with van der Waals surface area (Å²) in [5.74, 6) is -0.242. The van der Waals surface area contributed by atoms with Gasteiger partial charge >= 0.3 is 6.03 Å². The third-order valence-electron chi connectivity index (χ3n) is 5.93. The Morgan fingerprint density at radius 1 is 1.08 bits per heavy atom. The first-order valence-corrected chi connectivity index (χ1v) is 11.5. The first-order valence-electron chi connectivity index (χ1n) is 11.5. The standard InChI is InChI=1S/C28H26FN3O5/c1-4-23(20-16-25(35-2)26(36-3)17-22(20)30)37-24-11-10-19(15-21(24)29)31-12-13-32(28(31)34)27(33)14-18-8-6-5-7-9-18/h4-11,15-17,30H,1,12-14H2,2-3H3/b23-20+,30-22?. The molecule has 0 spiro atoms. The van der Waals surface area contributed by atoms with Crippen molar-refractivity contribution in [2.24, 2.45) is 0 Å².